The zero-order valence-corrected chi connectivity index (χ0v) is 8.70. The van der Waals surface area contributed by atoms with Crippen LogP contribution in [0.25, 0.3) is 0 Å². The van der Waals surface area contributed by atoms with Crippen molar-refractivity contribution in [3.63, 3.8) is 0 Å². The highest BCUT2D eigenvalue weighted by Gasteiger charge is 2.29. The van der Waals surface area contributed by atoms with Crippen LogP contribution in [0.1, 0.15) is 13.8 Å². The van der Waals surface area contributed by atoms with Gasteiger partial charge >= 0.3 is 5.97 Å². The maximum atomic E-state index is 11.0. The van der Waals surface area contributed by atoms with E-state index in [0.717, 1.165) is 6.92 Å². The standard InChI is InChI=1S/C7H12O6S/c1-3-13-7(9)6(5(2)8)4-14(10,11)12/h6H,3-4H2,1-2H3,(H,10,11,12). The second kappa shape index (κ2) is 5.06. The van der Waals surface area contributed by atoms with Crippen LogP contribution in [0.5, 0.6) is 0 Å². The molecule has 0 fully saturated rings. The SMILES string of the molecule is CCOC(=O)C(CS(=O)(=O)O)C(C)=O. The number of ether oxygens (including phenoxy) is 1. The Labute approximate surface area is 82.0 Å². The first kappa shape index (κ1) is 13.1. The number of rotatable bonds is 5. The summed E-state index contributed by atoms with van der Waals surface area (Å²) in [5.74, 6) is -3.95. The van der Waals surface area contributed by atoms with Crippen molar-refractivity contribution in [1.29, 1.82) is 0 Å². The largest absolute Gasteiger partial charge is 0.465 e. The highest BCUT2D eigenvalue weighted by atomic mass is 32.2. The fourth-order valence-electron chi connectivity index (χ4n) is 0.805. The van der Waals surface area contributed by atoms with Crippen LogP contribution in [0.2, 0.25) is 0 Å². The third-order valence-electron chi connectivity index (χ3n) is 1.44. The summed E-state index contributed by atoms with van der Waals surface area (Å²) in [7, 11) is -4.35. The van der Waals surface area contributed by atoms with Gasteiger partial charge in [0.05, 0.1) is 12.4 Å². The van der Waals surface area contributed by atoms with E-state index in [9.17, 15) is 18.0 Å². The fourth-order valence-corrected chi connectivity index (χ4v) is 1.60. The molecule has 7 heteroatoms. The maximum Gasteiger partial charge on any atom is 0.317 e. The molecule has 0 aliphatic carbocycles. The summed E-state index contributed by atoms with van der Waals surface area (Å²) in [5.41, 5.74) is 0. The average molecular weight is 224 g/mol. The highest BCUT2D eigenvalue weighted by molar-refractivity contribution is 7.85. The zero-order valence-electron chi connectivity index (χ0n) is 7.89. The monoisotopic (exact) mass is 224 g/mol. The summed E-state index contributed by atoms with van der Waals surface area (Å²) in [6.45, 7) is 2.64. The van der Waals surface area contributed by atoms with Crippen LogP contribution >= 0.6 is 0 Å². The van der Waals surface area contributed by atoms with Crippen molar-refractivity contribution in [3.05, 3.63) is 0 Å². The minimum atomic E-state index is -4.35. The molecule has 1 atom stereocenters. The van der Waals surface area contributed by atoms with Gasteiger partial charge in [-0.2, -0.15) is 8.42 Å². The minimum absolute atomic E-state index is 0.0497. The Morgan fingerprint density at radius 1 is 1.43 bits per heavy atom. The second-order valence-electron chi connectivity index (χ2n) is 2.66. The van der Waals surface area contributed by atoms with Crippen molar-refractivity contribution >= 4 is 21.9 Å². The highest BCUT2D eigenvalue weighted by Crippen LogP contribution is 2.05. The maximum absolute atomic E-state index is 11.0. The lowest BCUT2D eigenvalue weighted by Crippen LogP contribution is -2.31. The third-order valence-corrected chi connectivity index (χ3v) is 2.19. The fraction of sp³-hybridized carbons (Fsp3) is 0.714. The van der Waals surface area contributed by atoms with Crippen LogP contribution in [0.15, 0.2) is 0 Å². The molecule has 0 amide bonds. The number of hydrogen-bond acceptors (Lipinski definition) is 5. The quantitative estimate of drug-likeness (QED) is 0.389. The van der Waals surface area contributed by atoms with E-state index in [1.165, 1.54) is 6.92 Å². The van der Waals surface area contributed by atoms with Gasteiger partial charge in [0.15, 0.2) is 0 Å². The van der Waals surface area contributed by atoms with Crippen LogP contribution in [0.4, 0.5) is 0 Å². The van der Waals surface area contributed by atoms with Gasteiger partial charge in [-0.05, 0) is 13.8 Å². The molecule has 0 radical (unpaired) electrons. The van der Waals surface area contributed by atoms with Crippen LogP contribution < -0.4 is 0 Å². The molecule has 0 spiro atoms. The van der Waals surface area contributed by atoms with E-state index in [4.69, 9.17) is 4.55 Å². The van der Waals surface area contributed by atoms with Crippen LogP contribution in [0, 0.1) is 5.92 Å². The molecule has 6 nitrogen and oxygen atoms in total. The smallest absolute Gasteiger partial charge is 0.317 e. The van der Waals surface area contributed by atoms with Crippen LogP contribution in [-0.4, -0.2) is 37.1 Å². The molecule has 0 bridgehead atoms. The number of carbonyl (C=O) groups is 2. The molecular weight excluding hydrogens is 212 g/mol. The lowest BCUT2D eigenvalue weighted by Gasteiger charge is -2.09. The van der Waals surface area contributed by atoms with E-state index in [1.807, 2.05) is 0 Å². The predicted octanol–water partition coefficient (Wildman–Crippen LogP) is -0.357. The van der Waals surface area contributed by atoms with Gasteiger partial charge in [0.2, 0.25) is 0 Å². The summed E-state index contributed by atoms with van der Waals surface area (Å²) in [4.78, 5) is 21.9. The van der Waals surface area contributed by atoms with Gasteiger partial charge in [-0.25, -0.2) is 0 Å². The van der Waals surface area contributed by atoms with E-state index >= 15 is 0 Å². The Morgan fingerprint density at radius 2 is 1.93 bits per heavy atom. The molecule has 0 aromatic carbocycles. The number of carbonyl (C=O) groups excluding carboxylic acids is 2. The molecule has 0 aromatic rings. The number of hydrogen-bond donors (Lipinski definition) is 1. The lowest BCUT2D eigenvalue weighted by atomic mass is 10.1. The normalized spacial score (nSPS) is 13.4. The molecule has 14 heavy (non-hydrogen) atoms. The second-order valence-corrected chi connectivity index (χ2v) is 4.16. The lowest BCUT2D eigenvalue weighted by molar-refractivity contribution is -0.150. The van der Waals surface area contributed by atoms with Gasteiger partial charge in [0, 0.05) is 0 Å². The Bertz CT molecular complexity index is 317. The molecule has 0 rings (SSSR count). The minimum Gasteiger partial charge on any atom is -0.465 e. The van der Waals surface area contributed by atoms with Gasteiger partial charge in [0.25, 0.3) is 10.1 Å². The van der Waals surface area contributed by atoms with E-state index in [0.29, 0.717) is 0 Å². The van der Waals surface area contributed by atoms with E-state index in [2.05, 4.69) is 4.74 Å². The first-order valence-corrected chi connectivity index (χ1v) is 5.51. The topological polar surface area (TPSA) is 97.7 Å². The molecule has 0 saturated heterocycles. The molecule has 1 N–H and O–H groups in total. The van der Waals surface area contributed by atoms with Crippen molar-refractivity contribution in [3.8, 4) is 0 Å². The van der Waals surface area contributed by atoms with E-state index < -0.39 is 33.5 Å². The van der Waals surface area contributed by atoms with Gasteiger partial charge in [-0.3, -0.25) is 14.1 Å². The van der Waals surface area contributed by atoms with Crippen molar-refractivity contribution in [2.75, 3.05) is 12.4 Å². The van der Waals surface area contributed by atoms with E-state index in [-0.39, 0.29) is 6.61 Å². The van der Waals surface area contributed by atoms with Crippen LogP contribution in [-0.2, 0) is 24.4 Å². The molecular formula is C7H12O6S. The Kier molecular flexibility index (Phi) is 4.72. The first-order valence-electron chi connectivity index (χ1n) is 3.90. The Morgan fingerprint density at radius 3 is 2.21 bits per heavy atom. The van der Waals surface area contributed by atoms with Crippen molar-refractivity contribution in [1.82, 2.24) is 0 Å². The van der Waals surface area contributed by atoms with Gasteiger partial charge in [-0.1, -0.05) is 0 Å². The predicted molar refractivity (Wildman–Crippen MR) is 47.2 cm³/mol. The summed E-state index contributed by atoms with van der Waals surface area (Å²) >= 11 is 0. The summed E-state index contributed by atoms with van der Waals surface area (Å²) in [5, 5.41) is 0. The summed E-state index contributed by atoms with van der Waals surface area (Å²) < 4.78 is 33.8. The number of Topliss-reactive ketones (excluding diaryl/α,β-unsaturated/α-hetero) is 1. The molecule has 0 aliphatic heterocycles. The molecule has 0 saturated carbocycles. The van der Waals surface area contributed by atoms with Crippen molar-refractivity contribution in [2.24, 2.45) is 5.92 Å². The molecule has 0 aliphatic rings. The number of ketones is 1. The van der Waals surface area contributed by atoms with E-state index in [1.54, 1.807) is 0 Å². The molecule has 0 aromatic heterocycles. The Balaban J connectivity index is 4.62. The molecule has 1 unspecified atom stereocenters. The summed E-state index contributed by atoms with van der Waals surface area (Å²) in [6.07, 6.45) is 0. The van der Waals surface area contributed by atoms with Gasteiger partial charge in [-0.15, -0.1) is 0 Å². The Hall–Kier alpha value is -0.950. The van der Waals surface area contributed by atoms with Crippen molar-refractivity contribution < 1.29 is 27.3 Å². The summed E-state index contributed by atoms with van der Waals surface area (Å²) in [6, 6.07) is 0. The first-order chi connectivity index (χ1) is 6.28. The molecule has 82 valence electrons. The molecule has 0 heterocycles. The van der Waals surface area contributed by atoms with Crippen LogP contribution in [0.3, 0.4) is 0 Å². The third kappa shape index (κ3) is 4.93. The van der Waals surface area contributed by atoms with Gasteiger partial charge in [0.1, 0.15) is 11.7 Å². The van der Waals surface area contributed by atoms with Crippen molar-refractivity contribution in [2.45, 2.75) is 13.8 Å². The zero-order chi connectivity index (χ0) is 11.4. The number of esters is 1. The average Bonchev–Trinajstić information content (AvgIpc) is 1.98. The van der Waals surface area contributed by atoms with Gasteiger partial charge < -0.3 is 4.74 Å².